The lowest BCUT2D eigenvalue weighted by molar-refractivity contribution is 0.0295. The lowest BCUT2D eigenvalue weighted by atomic mass is 10.2. The van der Waals surface area contributed by atoms with Crippen LogP contribution in [0.4, 0.5) is 4.79 Å². The average molecular weight is 332 g/mol. The molecule has 0 radical (unpaired) electrons. The van der Waals surface area contributed by atoms with Gasteiger partial charge in [-0.05, 0) is 27.2 Å². The zero-order chi connectivity index (χ0) is 15.6. The monoisotopic (exact) mass is 331 g/mol. The molecule has 0 aromatic carbocycles. The number of hydrogen-bond acceptors (Lipinski definition) is 5. The molecule has 1 fully saturated rings. The van der Waals surface area contributed by atoms with Crippen LogP contribution in [0.3, 0.4) is 0 Å². The van der Waals surface area contributed by atoms with E-state index >= 15 is 0 Å². The number of halogens is 1. The Balaban J connectivity index is 1.97. The molecule has 1 amide bonds. The van der Waals surface area contributed by atoms with Crippen LogP contribution in [-0.2, 0) is 15.5 Å². The summed E-state index contributed by atoms with van der Waals surface area (Å²) >= 11 is 5.71. The molecule has 0 unspecified atom stereocenters. The van der Waals surface area contributed by atoms with Crippen LogP contribution in [0.2, 0.25) is 5.02 Å². The number of carbonyl (C=O) groups excluding carboxylic acids is 1. The van der Waals surface area contributed by atoms with Gasteiger partial charge in [0.1, 0.15) is 5.60 Å². The second-order valence-electron chi connectivity index (χ2n) is 5.82. The Kier molecular flexibility index (Phi) is 4.83. The third-order valence-electron chi connectivity index (χ3n) is 2.88. The first-order chi connectivity index (χ1) is 9.76. The van der Waals surface area contributed by atoms with Gasteiger partial charge in [0.05, 0.1) is 33.5 Å². The van der Waals surface area contributed by atoms with Gasteiger partial charge in [-0.3, -0.25) is 4.21 Å². The lowest BCUT2D eigenvalue weighted by Crippen LogP contribution is -2.36. The van der Waals surface area contributed by atoms with Gasteiger partial charge in [-0.1, -0.05) is 11.6 Å². The number of hydrogen-bond donors (Lipinski definition) is 0. The summed E-state index contributed by atoms with van der Waals surface area (Å²) in [5, 5.41) is 0.465. The summed E-state index contributed by atoms with van der Waals surface area (Å²) < 4.78 is 17.7. The molecule has 8 heteroatoms. The van der Waals surface area contributed by atoms with Crippen molar-refractivity contribution in [1.82, 2.24) is 14.9 Å². The van der Waals surface area contributed by atoms with E-state index in [-0.39, 0.29) is 16.5 Å². The van der Waals surface area contributed by atoms with Crippen molar-refractivity contribution in [1.29, 1.82) is 0 Å². The summed E-state index contributed by atoms with van der Waals surface area (Å²) in [5.41, 5.74) is -0.534. The van der Waals surface area contributed by atoms with Crippen LogP contribution in [0.25, 0.3) is 0 Å². The van der Waals surface area contributed by atoms with Crippen LogP contribution in [0.15, 0.2) is 17.6 Å². The summed E-state index contributed by atoms with van der Waals surface area (Å²) in [4.78, 5) is 21.5. The summed E-state index contributed by atoms with van der Waals surface area (Å²) in [5.74, 6) is 0. The van der Waals surface area contributed by atoms with E-state index in [1.807, 2.05) is 20.8 Å². The highest BCUT2D eigenvalue weighted by atomic mass is 35.5. The van der Waals surface area contributed by atoms with E-state index in [1.54, 1.807) is 4.90 Å². The standard InChI is InChI=1S/C13H18ClN3O3S/c1-13(2,3)20-12(18)17-5-4-10(8-17)21(19)11-15-6-9(14)7-16-11/h6-7,10H,4-5,8H2,1-3H3/t10-,21+/m0/s1. The van der Waals surface area contributed by atoms with Crippen LogP contribution in [0.1, 0.15) is 27.2 Å². The predicted molar refractivity (Wildman–Crippen MR) is 79.7 cm³/mol. The van der Waals surface area contributed by atoms with E-state index in [1.165, 1.54) is 12.4 Å². The molecule has 1 aromatic heterocycles. The summed E-state index contributed by atoms with van der Waals surface area (Å²) in [6.45, 7) is 6.36. The zero-order valence-electron chi connectivity index (χ0n) is 12.2. The Bertz CT molecular complexity index is 545. The molecule has 0 saturated carbocycles. The van der Waals surface area contributed by atoms with Gasteiger partial charge < -0.3 is 9.64 Å². The fraction of sp³-hybridized carbons (Fsp3) is 0.615. The second-order valence-corrected chi connectivity index (χ2v) is 7.88. The third kappa shape index (κ3) is 4.38. The molecule has 0 bridgehead atoms. The molecule has 0 spiro atoms. The molecule has 2 atom stereocenters. The average Bonchev–Trinajstić information content (AvgIpc) is 2.86. The van der Waals surface area contributed by atoms with Gasteiger partial charge in [-0.25, -0.2) is 14.8 Å². The number of carbonyl (C=O) groups is 1. The molecule has 2 rings (SSSR count). The van der Waals surface area contributed by atoms with Crippen LogP contribution in [-0.4, -0.2) is 49.1 Å². The first kappa shape index (κ1) is 16.2. The lowest BCUT2D eigenvalue weighted by Gasteiger charge is -2.24. The molecule has 2 heterocycles. The molecule has 0 aliphatic carbocycles. The number of ether oxygens (including phenoxy) is 1. The van der Waals surface area contributed by atoms with E-state index in [0.29, 0.717) is 24.5 Å². The highest BCUT2D eigenvalue weighted by molar-refractivity contribution is 7.85. The minimum Gasteiger partial charge on any atom is -0.444 e. The molecule has 1 aliphatic heterocycles. The quantitative estimate of drug-likeness (QED) is 0.777. The minimum absolute atomic E-state index is 0.182. The van der Waals surface area contributed by atoms with E-state index < -0.39 is 16.4 Å². The normalized spacial score (nSPS) is 20.4. The smallest absolute Gasteiger partial charge is 0.410 e. The number of amides is 1. The Labute approximate surface area is 131 Å². The Hall–Kier alpha value is -1.21. The number of nitrogens with zero attached hydrogens (tertiary/aromatic N) is 3. The molecule has 0 N–H and O–H groups in total. The highest BCUT2D eigenvalue weighted by Crippen LogP contribution is 2.21. The first-order valence-corrected chi connectivity index (χ1v) is 8.21. The van der Waals surface area contributed by atoms with Crippen molar-refractivity contribution in [2.75, 3.05) is 13.1 Å². The number of likely N-dealkylation sites (tertiary alicyclic amines) is 1. The van der Waals surface area contributed by atoms with Gasteiger partial charge in [0.25, 0.3) is 0 Å². The van der Waals surface area contributed by atoms with Crippen molar-refractivity contribution in [2.24, 2.45) is 0 Å². The van der Waals surface area contributed by atoms with E-state index in [9.17, 15) is 9.00 Å². The van der Waals surface area contributed by atoms with Gasteiger partial charge in [-0.2, -0.15) is 0 Å². The van der Waals surface area contributed by atoms with Crippen LogP contribution in [0, 0.1) is 0 Å². The minimum atomic E-state index is -1.36. The Morgan fingerprint density at radius 1 is 1.43 bits per heavy atom. The topological polar surface area (TPSA) is 72.4 Å². The SMILES string of the molecule is CC(C)(C)OC(=O)N1CC[C@H]([S@@](=O)c2ncc(Cl)cn2)C1. The molecule has 21 heavy (non-hydrogen) atoms. The molecule has 116 valence electrons. The third-order valence-corrected chi connectivity index (χ3v) is 4.63. The van der Waals surface area contributed by atoms with E-state index in [2.05, 4.69) is 9.97 Å². The van der Waals surface area contributed by atoms with Gasteiger partial charge >= 0.3 is 6.09 Å². The molecule has 1 aromatic rings. The van der Waals surface area contributed by atoms with Crippen molar-refractivity contribution in [3.05, 3.63) is 17.4 Å². The second kappa shape index (κ2) is 6.27. The largest absolute Gasteiger partial charge is 0.444 e. The summed E-state index contributed by atoms with van der Waals surface area (Å²) in [7, 11) is -1.36. The van der Waals surface area contributed by atoms with Gasteiger partial charge in [0.2, 0.25) is 5.16 Å². The van der Waals surface area contributed by atoms with Crippen LogP contribution >= 0.6 is 11.6 Å². The van der Waals surface area contributed by atoms with Crippen molar-refractivity contribution in [2.45, 2.75) is 43.2 Å². The molecular formula is C13H18ClN3O3S. The predicted octanol–water partition coefficient (Wildman–Crippen LogP) is 2.25. The summed E-state index contributed by atoms with van der Waals surface area (Å²) in [6, 6.07) is 0. The molecule has 6 nitrogen and oxygen atoms in total. The zero-order valence-corrected chi connectivity index (χ0v) is 13.8. The summed E-state index contributed by atoms with van der Waals surface area (Å²) in [6.07, 6.45) is 3.10. The van der Waals surface area contributed by atoms with E-state index in [0.717, 1.165) is 0 Å². The maximum Gasteiger partial charge on any atom is 0.410 e. The van der Waals surface area contributed by atoms with Crippen LogP contribution < -0.4 is 0 Å². The fourth-order valence-corrected chi connectivity index (χ4v) is 3.29. The van der Waals surface area contributed by atoms with E-state index in [4.69, 9.17) is 16.3 Å². The highest BCUT2D eigenvalue weighted by Gasteiger charge is 2.34. The Morgan fingerprint density at radius 2 is 2.05 bits per heavy atom. The maximum absolute atomic E-state index is 12.4. The van der Waals surface area contributed by atoms with Gasteiger partial charge in [-0.15, -0.1) is 0 Å². The van der Waals surface area contributed by atoms with Gasteiger partial charge in [0.15, 0.2) is 0 Å². The molecular weight excluding hydrogens is 314 g/mol. The fourth-order valence-electron chi connectivity index (χ4n) is 1.95. The molecule has 1 aliphatic rings. The first-order valence-electron chi connectivity index (χ1n) is 6.62. The Morgan fingerprint density at radius 3 is 2.62 bits per heavy atom. The van der Waals surface area contributed by atoms with Gasteiger partial charge in [0, 0.05) is 13.1 Å². The van der Waals surface area contributed by atoms with Crippen molar-refractivity contribution in [3.63, 3.8) is 0 Å². The maximum atomic E-state index is 12.4. The van der Waals surface area contributed by atoms with Crippen molar-refractivity contribution < 1.29 is 13.7 Å². The van der Waals surface area contributed by atoms with Crippen LogP contribution in [0.5, 0.6) is 0 Å². The molecule has 1 saturated heterocycles. The van der Waals surface area contributed by atoms with Crippen molar-refractivity contribution in [3.8, 4) is 0 Å². The number of aromatic nitrogens is 2. The van der Waals surface area contributed by atoms with Crippen molar-refractivity contribution >= 4 is 28.5 Å². The number of rotatable bonds is 2.